The molecular formula is C14H18BrNO3S. The van der Waals surface area contributed by atoms with E-state index in [2.05, 4.69) is 15.9 Å². The van der Waals surface area contributed by atoms with Gasteiger partial charge in [0.2, 0.25) is 5.91 Å². The van der Waals surface area contributed by atoms with Crippen LogP contribution in [0.4, 0.5) is 0 Å². The number of nitrogens with zero attached hydrogens (tertiary/aromatic N) is 1. The maximum Gasteiger partial charge on any atom is 0.305 e. The summed E-state index contributed by atoms with van der Waals surface area (Å²) < 4.78 is 0.974. The molecule has 4 nitrogen and oxygen atoms in total. The van der Waals surface area contributed by atoms with Crippen LogP contribution in [0.5, 0.6) is 0 Å². The average molecular weight is 360 g/mol. The molecule has 0 aliphatic rings. The fourth-order valence-corrected chi connectivity index (χ4v) is 3.06. The van der Waals surface area contributed by atoms with Crippen molar-refractivity contribution in [2.24, 2.45) is 0 Å². The van der Waals surface area contributed by atoms with Crippen molar-refractivity contribution in [1.29, 1.82) is 0 Å². The van der Waals surface area contributed by atoms with Gasteiger partial charge in [0.05, 0.1) is 12.2 Å². The van der Waals surface area contributed by atoms with Gasteiger partial charge in [0.1, 0.15) is 0 Å². The number of carbonyl (C=O) groups is 2. The van der Waals surface area contributed by atoms with E-state index < -0.39 is 5.97 Å². The van der Waals surface area contributed by atoms with Crippen LogP contribution in [0.2, 0.25) is 0 Å². The van der Waals surface area contributed by atoms with E-state index in [1.165, 1.54) is 11.8 Å². The number of halogens is 1. The summed E-state index contributed by atoms with van der Waals surface area (Å²) in [6, 6.07) is 7.75. The van der Waals surface area contributed by atoms with E-state index in [0.29, 0.717) is 5.75 Å². The number of thioether (sulfide) groups is 1. The summed E-state index contributed by atoms with van der Waals surface area (Å²) in [5, 5.41) is 8.72. The number of benzene rings is 1. The minimum atomic E-state index is -0.886. The third-order valence-corrected chi connectivity index (χ3v) is 4.14. The van der Waals surface area contributed by atoms with Gasteiger partial charge in [0.25, 0.3) is 0 Å². The van der Waals surface area contributed by atoms with Crippen molar-refractivity contribution in [3.8, 4) is 0 Å². The highest BCUT2D eigenvalue weighted by molar-refractivity contribution is 9.10. The van der Waals surface area contributed by atoms with Crippen molar-refractivity contribution in [3.63, 3.8) is 0 Å². The molecule has 0 aliphatic carbocycles. The predicted octanol–water partition coefficient (Wildman–Crippen LogP) is 3.25. The normalized spacial score (nSPS) is 10.6. The highest BCUT2D eigenvalue weighted by atomic mass is 79.9. The van der Waals surface area contributed by atoms with Crippen molar-refractivity contribution in [1.82, 2.24) is 4.90 Å². The molecule has 20 heavy (non-hydrogen) atoms. The Kier molecular flexibility index (Phi) is 7.09. The van der Waals surface area contributed by atoms with Gasteiger partial charge in [-0.15, -0.1) is 11.8 Å². The third kappa shape index (κ3) is 5.96. The molecule has 0 atom stereocenters. The molecule has 0 heterocycles. The SMILES string of the molecule is CC(C)N(CCC(=O)O)C(=O)CSc1cccc(Br)c1. The van der Waals surface area contributed by atoms with Crippen LogP contribution in [-0.2, 0) is 9.59 Å². The predicted molar refractivity (Wildman–Crippen MR) is 84.0 cm³/mol. The zero-order valence-electron chi connectivity index (χ0n) is 11.5. The molecule has 0 radical (unpaired) electrons. The van der Waals surface area contributed by atoms with Crippen molar-refractivity contribution in [2.45, 2.75) is 31.2 Å². The molecule has 0 saturated carbocycles. The molecule has 110 valence electrons. The van der Waals surface area contributed by atoms with Gasteiger partial charge in [-0.1, -0.05) is 22.0 Å². The summed E-state index contributed by atoms with van der Waals surface area (Å²) in [5.41, 5.74) is 0. The Bertz CT molecular complexity index is 479. The Labute approximate surface area is 131 Å². The minimum absolute atomic E-state index is 0.00459. The molecule has 0 aromatic heterocycles. The maximum atomic E-state index is 12.2. The number of hydrogen-bond donors (Lipinski definition) is 1. The first kappa shape index (κ1) is 17.0. The lowest BCUT2D eigenvalue weighted by molar-refractivity contribution is -0.138. The highest BCUT2D eigenvalue weighted by Crippen LogP contribution is 2.22. The fourth-order valence-electron chi connectivity index (χ4n) is 1.67. The van der Waals surface area contributed by atoms with Gasteiger partial charge in [0, 0.05) is 22.0 Å². The third-order valence-electron chi connectivity index (χ3n) is 2.67. The van der Waals surface area contributed by atoms with Crippen molar-refractivity contribution in [3.05, 3.63) is 28.7 Å². The number of aliphatic carboxylic acids is 1. The van der Waals surface area contributed by atoms with Crippen LogP contribution in [0.3, 0.4) is 0 Å². The van der Waals surface area contributed by atoms with E-state index in [4.69, 9.17) is 5.11 Å². The number of carboxylic acids is 1. The first-order valence-corrected chi connectivity index (χ1v) is 8.07. The van der Waals surface area contributed by atoms with Crippen LogP contribution in [0, 0.1) is 0 Å². The lowest BCUT2D eigenvalue weighted by Gasteiger charge is -2.26. The summed E-state index contributed by atoms with van der Waals surface area (Å²) >= 11 is 4.84. The average Bonchev–Trinajstić information content (AvgIpc) is 2.36. The summed E-state index contributed by atoms with van der Waals surface area (Å²) in [4.78, 5) is 25.4. The quantitative estimate of drug-likeness (QED) is 0.759. The fraction of sp³-hybridized carbons (Fsp3) is 0.429. The molecular weight excluding hydrogens is 342 g/mol. The number of amides is 1. The van der Waals surface area contributed by atoms with E-state index in [1.54, 1.807) is 4.90 Å². The van der Waals surface area contributed by atoms with Crippen LogP contribution in [0.1, 0.15) is 20.3 Å². The smallest absolute Gasteiger partial charge is 0.305 e. The number of carbonyl (C=O) groups excluding carboxylic acids is 1. The Morgan fingerprint density at radius 3 is 2.65 bits per heavy atom. The van der Waals surface area contributed by atoms with Gasteiger partial charge in [-0.2, -0.15) is 0 Å². The van der Waals surface area contributed by atoms with E-state index in [0.717, 1.165) is 9.37 Å². The summed E-state index contributed by atoms with van der Waals surface area (Å²) in [7, 11) is 0. The molecule has 6 heteroatoms. The highest BCUT2D eigenvalue weighted by Gasteiger charge is 2.17. The Balaban J connectivity index is 2.55. The summed E-state index contributed by atoms with van der Waals surface area (Å²) in [6.07, 6.45) is -0.0223. The second-order valence-electron chi connectivity index (χ2n) is 4.57. The van der Waals surface area contributed by atoms with Gasteiger partial charge < -0.3 is 10.0 Å². The second kappa shape index (κ2) is 8.32. The van der Waals surface area contributed by atoms with Crippen molar-refractivity contribution < 1.29 is 14.7 Å². The number of rotatable bonds is 7. The Hall–Kier alpha value is -1.01. The van der Waals surface area contributed by atoms with Crippen LogP contribution < -0.4 is 0 Å². The Morgan fingerprint density at radius 2 is 2.10 bits per heavy atom. The number of carboxylic acid groups (broad SMARTS) is 1. The van der Waals surface area contributed by atoms with E-state index in [9.17, 15) is 9.59 Å². The molecule has 0 spiro atoms. The monoisotopic (exact) mass is 359 g/mol. The summed E-state index contributed by atoms with van der Waals surface area (Å²) in [5.74, 6) is -0.608. The van der Waals surface area contributed by atoms with Gasteiger partial charge in [0.15, 0.2) is 0 Å². The van der Waals surface area contributed by atoms with Gasteiger partial charge in [-0.3, -0.25) is 9.59 Å². The van der Waals surface area contributed by atoms with Gasteiger partial charge >= 0.3 is 5.97 Å². The minimum Gasteiger partial charge on any atom is -0.481 e. The largest absolute Gasteiger partial charge is 0.481 e. The molecule has 1 aromatic carbocycles. The van der Waals surface area contributed by atoms with Gasteiger partial charge in [-0.05, 0) is 32.0 Å². The van der Waals surface area contributed by atoms with Gasteiger partial charge in [-0.25, -0.2) is 0 Å². The zero-order chi connectivity index (χ0) is 15.1. The van der Waals surface area contributed by atoms with E-state index in [-0.39, 0.29) is 24.9 Å². The molecule has 1 aromatic rings. The standard InChI is InChI=1S/C14H18BrNO3S/c1-10(2)16(7-6-14(18)19)13(17)9-20-12-5-3-4-11(15)8-12/h3-5,8,10H,6-7,9H2,1-2H3,(H,18,19). The second-order valence-corrected chi connectivity index (χ2v) is 6.54. The van der Waals surface area contributed by atoms with Crippen LogP contribution in [0.15, 0.2) is 33.6 Å². The molecule has 0 saturated heterocycles. The molecule has 0 bridgehead atoms. The number of hydrogen-bond acceptors (Lipinski definition) is 3. The first-order chi connectivity index (χ1) is 9.40. The van der Waals surface area contributed by atoms with Crippen LogP contribution >= 0.6 is 27.7 Å². The molecule has 0 aliphatic heterocycles. The maximum absolute atomic E-state index is 12.2. The van der Waals surface area contributed by atoms with E-state index in [1.807, 2.05) is 38.1 Å². The molecule has 0 unspecified atom stereocenters. The van der Waals surface area contributed by atoms with Crippen molar-refractivity contribution >= 4 is 39.6 Å². The molecule has 0 fully saturated rings. The van der Waals surface area contributed by atoms with Crippen LogP contribution in [-0.4, -0.2) is 40.2 Å². The van der Waals surface area contributed by atoms with Crippen LogP contribution in [0.25, 0.3) is 0 Å². The zero-order valence-corrected chi connectivity index (χ0v) is 13.9. The van der Waals surface area contributed by atoms with E-state index >= 15 is 0 Å². The summed E-state index contributed by atoms with van der Waals surface area (Å²) in [6.45, 7) is 4.04. The Morgan fingerprint density at radius 1 is 1.40 bits per heavy atom. The lowest BCUT2D eigenvalue weighted by Crippen LogP contribution is -2.39. The first-order valence-electron chi connectivity index (χ1n) is 6.29. The topological polar surface area (TPSA) is 57.6 Å². The van der Waals surface area contributed by atoms with Crippen molar-refractivity contribution in [2.75, 3.05) is 12.3 Å². The molecule has 1 rings (SSSR count). The molecule has 1 amide bonds. The molecule has 1 N–H and O–H groups in total. The lowest BCUT2D eigenvalue weighted by atomic mass is 10.3.